The van der Waals surface area contributed by atoms with Crippen LogP contribution in [0, 0.1) is 5.82 Å². The van der Waals surface area contributed by atoms with Crippen LogP contribution in [0.3, 0.4) is 0 Å². The lowest BCUT2D eigenvalue weighted by Crippen LogP contribution is -2.27. The number of hydrogen-bond donors (Lipinski definition) is 0. The lowest BCUT2D eigenvalue weighted by molar-refractivity contribution is 0.0792. The van der Waals surface area contributed by atoms with Gasteiger partial charge in [-0.1, -0.05) is 11.8 Å². The van der Waals surface area contributed by atoms with Crippen molar-refractivity contribution in [2.24, 2.45) is 0 Å². The number of halogens is 1. The quantitative estimate of drug-likeness (QED) is 0.602. The monoisotopic (exact) mass is 358 g/mol. The van der Waals surface area contributed by atoms with Gasteiger partial charge in [0.05, 0.1) is 15.8 Å². The van der Waals surface area contributed by atoms with Crippen molar-refractivity contribution in [3.63, 3.8) is 0 Å². The summed E-state index contributed by atoms with van der Waals surface area (Å²) in [5, 5.41) is 0.332. The van der Waals surface area contributed by atoms with Crippen LogP contribution >= 0.6 is 11.8 Å². The maximum atomic E-state index is 13.0. The number of pyridine rings is 1. The number of thioether (sulfide) groups is 1. The molecule has 1 aliphatic heterocycles. The third kappa shape index (κ3) is 4.25. The van der Waals surface area contributed by atoms with Crippen LogP contribution in [-0.4, -0.2) is 39.9 Å². The summed E-state index contributed by atoms with van der Waals surface area (Å²) in [7, 11) is 0. The molecule has 4 nitrogen and oxygen atoms in total. The third-order valence-electron chi connectivity index (χ3n) is 4.17. The van der Waals surface area contributed by atoms with E-state index < -0.39 is 0 Å². The zero-order valence-electron chi connectivity index (χ0n) is 13.9. The molecule has 3 rings (SSSR count). The Balaban J connectivity index is 1.63. The number of ketones is 1. The molecule has 0 bridgehead atoms. The second-order valence-electron chi connectivity index (χ2n) is 6.02. The molecule has 1 unspecified atom stereocenters. The van der Waals surface area contributed by atoms with E-state index in [-0.39, 0.29) is 22.8 Å². The molecule has 0 N–H and O–H groups in total. The highest BCUT2D eigenvalue weighted by Gasteiger charge is 2.21. The van der Waals surface area contributed by atoms with E-state index in [1.54, 1.807) is 25.3 Å². The Morgan fingerprint density at radius 1 is 1.08 bits per heavy atom. The van der Waals surface area contributed by atoms with Gasteiger partial charge in [0.1, 0.15) is 5.82 Å². The Morgan fingerprint density at radius 3 is 2.32 bits per heavy atom. The summed E-state index contributed by atoms with van der Waals surface area (Å²) in [5.74, 6) is -0.433. The van der Waals surface area contributed by atoms with Crippen molar-refractivity contribution in [2.45, 2.75) is 30.0 Å². The molecule has 1 atom stereocenters. The number of aromatic nitrogens is 1. The molecule has 6 heteroatoms. The first-order valence-corrected chi connectivity index (χ1v) is 9.14. The van der Waals surface area contributed by atoms with Crippen molar-refractivity contribution in [1.29, 1.82) is 0 Å². The van der Waals surface area contributed by atoms with Gasteiger partial charge >= 0.3 is 0 Å². The number of hydrogen-bond acceptors (Lipinski definition) is 4. The summed E-state index contributed by atoms with van der Waals surface area (Å²) < 4.78 is 13.0. The minimum Gasteiger partial charge on any atom is -0.339 e. The normalized spacial score (nSPS) is 15.2. The summed E-state index contributed by atoms with van der Waals surface area (Å²) in [5.41, 5.74) is 1.05. The molecule has 130 valence electrons. The molecule has 0 aliphatic carbocycles. The van der Waals surface area contributed by atoms with E-state index in [0.29, 0.717) is 16.2 Å². The first-order chi connectivity index (χ1) is 12.0. The molecule has 2 heterocycles. The van der Waals surface area contributed by atoms with Gasteiger partial charge in [0, 0.05) is 24.8 Å². The molecule has 0 spiro atoms. The molecule has 0 saturated carbocycles. The second kappa shape index (κ2) is 7.78. The molecule has 1 aromatic heterocycles. The van der Waals surface area contributed by atoms with Crippen LogP contribution in [0.5, 0.6) is 0 Å². The first-order valence-electron chi connectivity index (χ1n) is 8.26. The average molecular weight is 358 g/mol. The van der Waals surface area contributed by atoms with Crippen LogP contribution in [0.2, 0.25) is 0 Å². The number of carbonyl (C=O) groups excluding carboxylic acids is 2. The van der Waals surface area contributed by atoms with Crippen molar-refractivity contribution in [1.82, 2.24) is 9.88 Å². The van der Waals surface area contributed by atoms with Crippen LogP contribution in [-0.2, 0) is 0 Å². The van der Waals surface area contributed by atoms with Gasteiger partial charge in [0.2, 0.25) is 0 Å². The van der Waals surface area contributed by atoms with Crippen LogP contribution in [0.25, 0.3) is 0 Å². The number of nitrogens with zero attached hydrogens (tertiary/aromatic N) is 2. The fraction of sp³-hybridized carbons (Fsp3) is 0.316. The average Bonchev–Trinajstić information content (AvgIpc) is 3.16. The van der Waals surface area contributed by atoms with E-state index in [9.17, 15) is 14.0 Å². The summed E-state index contributed by atoms with van der Waals surface area (Å²) in [6.07, 6.45) is 3.67. The molecule has 1 aromatic carbocycles. The molecular weight excluding hydrogens is 339 g/mol. The van der Waals surface area contributed by atoms with E-state index in [1.165, 1.54) is 36.0 Å². The predicted molar refractivity (Wildman–Crippen MR) is 95.4 cm³/mol. The van der Waals surface area contributed by atoms with E-state index in [2.05, 4.69) is 4.98 Å². The fourth-order valence-corrected chi connectivity index (χ4v) is 3.63. The molecule has 1 saturated heterocycles. The highest BCUT2D eigenvalue weighted by atomic mass is 32.2. The van der Waals surface area contributed by atoms with E-state index in [4.69, 9.17) is 0 Å². The number of benzene rings is 1. The van der Waals surface area contributed by atoms with Crippen molar-refractivity contribution < 1.29 is 14.0 Å². The zero-order chi connectivity index (χ0) is 17.8. The van der Waals surface area contributed by atoms with Gasteiger partial charge in [-0.2, -0.15) is 0 Å². The molecule has 2 aromatic rings. The Hall–Kier alpha value is -2.21. The van der Waals surface area contributed by atoms with Crippen molar-refractivity contribution in [3.8, 4) is 0 Å². The Morgan fingerprint density at radius 2 is 1.72 bits per heavy atom. The molecule has 1 fully saturated rings. The number of likely N-dealkylation sites (tertiary alicyclic amines) is 1. The van der Waals surface area contributed by atoms with E-state index in [0.717, 1.165) is 25.9 Å². The molecule has 1 aliphatic rings. The van der Waals surface area contributed by atoms with Gasteiger partial charge in [-0.15, -0.1) is 0 Å². The van der Waals surface area contributed by atoms with E-state index >= 15 is 0 Å². The Bertz CT molecular complexity index is 756. The smallest absolute Gasteiger partial charge is 0.255 e. The summed E-state index contributed by atoms with van der Waals surface area (Å²) in [6, 6.07) is 9.05. The van der Waals surface area contributed by atoms with Crippen molar-refractivity contribution in [3.05, 3.63) is 59.5 Å². The van der Waals surface area contributed by atoms with Gasteiger partial charge in [-0.05, 0) is 56.2 Å². The first kappa shape index (κ1) is 17.6. The highest BCUT2D eigenvalue weighted by molar-refractivity contribution is 8.00. The zero-order valence-corrected chi connectivity index (χ0v) is 14.8. The number of Topliss-reactive ketones (excluding diaryl/α,β-unsaturated/α-hetero) is 1. The third-order valence-corrected chi connectivity index (χ3v) is 5.22. The van der Waals surface area contributed by atoms with Crippen molar-refractivity contribution >= 4 is 23.5 Å². The topological polar surface area (TPSA) is 50.3 Å². The summed E-state index contributed by atoms with van der Waals surface area (Å²) in [6.45, 7) is 3.40. The summed E-state index contributed by atoms with van der Waals surface area (Å²) in [4.78, 5) is 30.8. The number of rotatable bonds is 5. The fourth-order valence-electron chi connectivity index (χ4n) is 2.76. The maximum Gasteiger partial charge on any atom is 0.255 e. The van der Waals surface area contributed by atoms with Crippen LogP contribution < -0.4 is 0 Å². The maximum absolute atomic E-state index is 13.0. The standard InChI is InChI=1S/C19H19FN2O2S/c1-13(18(23)14-4-7-16(20)8-5-14)25-17-9-6-15(12-21-17)19(24)22-10-2-3-11-22/h4-9,12-13H,2-3,10-11H2,1H3. The number of carbonyl (C=O) groups is 2. The molecule has 0 radical (unpaired) electrons. The Labute approximate surface area is 150 Å². The molecular formula is C19H19FN2O2S. The van der Waals surface area contributed by atoms with Gasteiger partial charge in [0.25, 0.3) is 5.91 Å². The summed E-state index contributed by atoms with van der Waals surface area (Å²) >= 11 is 1.32. The highest BCUT2D eigenvalue weighted by Crippen LogP contribution is 2.24. The van der Waals surface area contributed by atoms with E-state index in [1.807, 2.05) is 4.90 Å². The lowest BCUT2D eigenvalue weighted by atomic mass is 10.1. The second-order valence-corrected chi connectivity index (χ2v) is 7.38. The lowest BCUT2D eigenvalue weighted by Gasteiger charge is -2.15. The minimum absolute atomic E-state index is 0.0111. The van der Waals surface area contributed by atoms with Crippen molar-refractivity contribution in [2.75, 3.05) is 13.1 Å². The van der Waals surface area contributed by atoms with Gasteiger partial charge in [-0.3, -0.25) is 9.59 Å². The molecule has 25 heavy (non-hydrogen) atoms. The van der Waals surface area contributed by atoms with Gasteiger partial charge in [0.15, 0.2) is 5.78 Å². The predicted octanol–water partition coefficient (Wildman–Crippen LogP) is 3.82. The van der Waals surface area contributed by atoms with Crippen LogP contribution in [0.1, 0.15) is 40.5 Å². The minimum atomic E-state index is -0.364. The molecule has 1 amide bonds. The Kier molecular flexibility index (Phi) is 5.48. The van der Waals surface area contributed by atoms with Crippen LogP contribution in [0.15, 0.2) is 47.6 Å². The van der Waals surface area contributed by atoms with Crippen LogP contribution in [0.4, 0.5) is 4.39 Å². The SMILES string of the molecule is CC(Sc1ccc(C(=O)N2CCCC2)cn1)C(=O)c1ccc(F)cc1. The van der Waals surface area contributed by atoms with Gasteiger partial charge < -0.3 is 4.90 Å². The van der Waals surface area contributed by atoms with Gasteiger partial charge in [-0.25, -0.2) is 9.37 Å². The largest absolute Gasteiger partial charge is 0.339 e. The number of amides is 1.